The fraction of sp³-hybridized carbons (Fsp3) is 0.432. The molecular weight excluding hydrogens is 1800 g/mol. The van der Waals surface area contributed by atoms with Crippen molar-refractivity contribution in [1.29, 1.82) is 0 Å². The molecule has 15 rings (SSSR count). The summed E-state index contributed by atoms with van der Waals surface area (Å²) in [6, 6.07) is 10.6. The average Bonchev–Trinajstić information content (AvgIpc) is 0.847. The lowest BCUT2D eigenvalue weighted by Gasteiger charge is -2.46. The summed E-state index contributed by atoms with van der Waals surface area (Å²) in [6.07, 6.45) is -37.0. The van der Waals surface area contributed by atoms with E-state index in [1.807, 2.05) is 0 Å². The number of fused-ring (bicyclic) bond motifs is 15. The third kappa shape index (κ3) is 22.2. The minimum atomic E-state index is -4.78. The monoisotopic (exact) mass is 1900 g/mol. The van der Waals surface area contributed by atoms with E-state index in [1.54, 1.807) is 19.9 Å². The molecular formula is C88H101Cl2F3N12O28. The van der Waals surface area contributed by atoms with Crippen LogP contribution in [0.2, 0.25) is 10.0 Å². The largest absolute Gasteiger partial charge is 0.508 e. The first-order valence-electron chi connectivity index (χ1n) is 41.9. The first-order valence-corrected chi connectivity index (χ1v) is 42.6. The van der Waals surface area contributed by atoms with Crippen LogP contribution in [-0.4, -0.2) is 252 Å². The van der Waals surface area contributed by atoms with Gasteiger partial charge in [-0.05, 0) is 146 Å². The number of nitrogens with zero attached hydrogens (tertiary/aromatic N) is 1. The molecule has 23 atom stereocenters. The second-order valence-corrected chi connectivity index (χ2v) is 34.7. The molecule has 0 aliphatic carbocycles. The number of likely N-dealkylation sites (N-methyl/N-ethyl adjacent to an activating group) is 1. The van der Waals surface area contributed by atoms with Crippen molar-refractivity contribution in [2.75, 3.05) is 44.5 Å². The molecule has 1 unspecified atom stereocenters. The maximum Gasteiger partial charge on any atom is 0.416 e. The SMILES string of the molecule is CN[C@H](CC(C)C)C(=O)NC1C(=O)N[C@H](CC(N)=O)C(=O)N[C@H]2C(=O)N[C@H]3C(=O)N[C@H](C(=O)N[C@@H](O)c4cc(O)cc(O)c4-c4cc3ccc4O)[C@H](O[C@H]3C[C@](C)(N)[C@@H](O)[C@H](C)O3)c3ccc(c(Cl)c3)Oc3cc2cc(c3O[C@@H]2O[C@H](CO)[C@@H](O[C@@H]3O[C@H](CNCc4cccc(NC(=O)c5cc(N(C)C)cc(C(F)(F)F)c5)c4)[C@H](O)[C@H](O)[C@H]3O)[C@H](O)[C@H]2O)Oc2ccc(cc2Cl)[C@H]1O. The van der Waals surface area contributed by atoms with Gasteiger partial charge in [0.25, 0.3) is 5.91 Å². The van der Waals surface area contributed by atoms with Crippen molar-refractivity contribution in [2.45, 2.75) is 200 Å². The van der Waals surface area contributed by atoms with Crippen molar-refractivity contribution in [1.82, 2.24) is 42.5 Å². The Labute approximate surface area is 766 Å². The molecule has 716 valence electrons. The molecule has 8 aliphatic heterocycles. The van der Waals surface area contributed by atoms with E-state index < -0.39 is 290 Å². The van der Waals surface area contributed by atoms with Gasteiger partial charge >= 0.3 is 6.18 Å². The summed E-state index contributed by atoms with van der Waals surface area (Å²) in [5.41, 5.74) is 7.72. The minimum Gasteiger partial charge on any atom is -0.508 e. The van der Waals surface area contributed by atoms with Gasteiger partial charge in [0, 0.05) is 78.8 Å². The highest BCUT2D eigenvalue weighted by atomic mass is 35.5. The molecule has 25 N–H and O–H groups in total. The molecule has 45 heteroatoms. The van der Waals surface area contributed by atoms with E-state index in [0.29, 0.717) is 11.6 Å². The number of hydrogen-bond acceptors (Lipinski definition) is 32. The Bertz CT molecular complexity index is 5550. The number of carbonyl (C=O) groups excluding carboxylic acids is 8. The summed E-state index contributed by atoms with van der Waals surface area (Å²) in [6.45, 7) is 4.96. The Hall–Kier alpha value is -11.4. The molecule has 8 amide bonds. The van der Waals surface area contributed by atoms with E-state index >= 15 is 24.0 Å². The number of anilines is 2. The number of hydrogen-bond donors (Lipinski definition) is 23. The number of benzene rings is 7. The van der Waals surface area contributed by atoms with E-state index in [2.05, 4.69) is 47.9 Å². The number of phenolic OH excluding ortho intramolecular Hbond substituents is 3. The van der Waals surface area contributed by atoms with Gasteiger partial charge in [0.15, 0.2) is 30.3 Å². The van der Waals surface area contributed by atoms with Crippen molar-refractivity contribution >= 4 is 81.8 Å². The molecule has 8 aliphatic rings. The molecule has 40 nitrogen and oxygen atoms in total. The summed E-state index contributed by atoms with van der Waals surface area (Å²) in [7, 11) is 4.47. The van der Waals surface area contributed by atoms with Gasteiger partial charge in [-0.1, -0.05) is 67.4 Å². The van der Waals surface area contributed by atoms with Gasteiger partial charge in [-0.3, -0.25) is 38.4 Å². The van der Waals surface area contributed by atoms with Gasteiger partial charge in [0.05, 0.1) is 46.9 Å². The van der Waals surface area contributed by atoms with Gasteiger partial charge < -0.3 is 163 Å². The van der Waals surface area contributed by atoms with Crippen LogP contribution >= 0.6 is 23.2 Å². The Balaban J connectivity index is 0.915. The highest BCUT2D eigenvalue weighted by molar-refractivity contribution is 6.32. The molecule has 0 spiro atoms. The topological polar surface area (TPSA) is 617 Å². The van der Waals surface area contributed by atoms with Crippen LogP contribution in [0, 0.1) is 5.92 Å². The van der Waals surface area contributed by atoms with E-state index in [0.717, 1.165) is 72.8 Å². The highest BCUT2D eigenvalue weighted by Crippen LogP contribution is 2.51. The number of rotatable bonds is 21. The zero-order valence-electron chi connectivity index (χ0n) is 72.0. The maximum absolute atomic E-state index is 16.4. The van der Waals surface area contributed by atoms with E-state index in [9.17, 15) is 88.8 Å². The summed E-state index contributed by atoms with van der Waals surface area (Å²) < 4.78 is 92.9. The van der Waals surface area contributed by atoms with Gasteiger partial charge in [-0.25, -0.2) is 0 Å². The second-order valence-electron chi connectivity index (χ2n) is 33.9. The average molecular weight is 1900 g/mol. The smallest absolute Gasteiger partial charge is 0.416 e. The Morgan fingerprint density at radius 1 is 0.669 bits per heavy atom. The first-order chi connectivity index (χ1) is 62.8. The lowest BCUT2D eigenvalue weighted by Crippen LogP contribution is -2.65. The minimum absolute atomic E-state index is 0.0631. The van der Waals surface area contributed by atoms with Crippen LogP contribution in [0.15, 0.2) is 121 Å². The normalized spacial score (nSPS) is 28.8. The lowest BCUT2D eigenvalue weighted by atomic mass is 9.86. The summed E-state index contributed by atoms with van der Waals surface area (Å²) in [5, 5.41) is 163. The summed E-state index contributed by atoms with van der Waals surface area (Å²) in [4.78, 5) is 121. The molecule has 3 saturated heterocycles. The van der Waals surface area contributed by atoms with Crippen molar-refractivity contribution < 1.29 is 151 Å². The summed E-state index contributed by atoms with van der Waals surface area (Å²) in [5.74, 6) is -15.5. The number of carbonyl (C=O) groups is 8. The number of ether oxygens (including phenoxy) is 8. The fourth-order valence-corrected chi connectivity index (χ4v) is 16.7. The molecule has 7 aromatic carbocycles. The Kier molecular flexibility index (Phi) is 30.4. The summed E-state index contributed by atoms with van der Waals surface area (Å²) >= 11 is 14.5. The number of nitrogens with two attached hydrogens (primary N) is 2. The van der Waals surface area contributed by atoms with E-state index in [-0.39, 0.29) is 65.5 Å². The van der Waals surface area contributed by atoms with Crippen LogP contribution in [0.25, 0.3) is 11.1 Å². The van der Waals surface area contributed by atoms with Crippen molar-refractivity contribution in [2.24, 2.45) is 17.4 Å². The lowest BCUT2D eigenvalue weighted by molar-refractivity contribution is -0.350. The standard InChI is InChI=1S/C88H101Cl2F3N12O28/c1-34(2)17-50(96-5)79(120)102-65-67(111)38-12-15-54(48(89)22-38)127-56-24-40-25-57(74(56)132-86-72(116)70(114)75(59(33-106)130-86)133-85-71(115)69(113)68(112)58(129-85)32-97-31-36-9-8-10-43(18-36)98-77(118)41-19-42(88(91,92)93)26-44(20-41)105(6)7)128-55-16-13-39(23-49(55)90)73(131-61-30-87(4,95)76(117)35(3)126-61)66-84(125)104-78(119)47-27-45(107)28-53(109)62(47)46-21-37(11-14-52(46)108)63(81(122)103-66)101-82(123)64(40)100-80(121)51(29-60(94)110)99-83(65)124/h8-16,18-28,34-35,50-51,58-59,61,63-73,75-76,78,85-86,96-97,106-109,111-117,119H,17,29-33,95H2,1-7H3,(H2,94,110)(H,98,118)(H,99,124)(H,100,121)(H,101,123)(H,102,120)(H,103,122)(H,104,125)/t35-,50+,51+,58+,59+,61-,63+,64+,65?,66-,67+,68-,69-,70+,71+,72+,73+,75+,76-,78-,85-,86-,87-/m0/s1. The number of aliphatic hydroxyl groups excluding tert-OH is 9. The van der Waals surface area contributed by atoms with Gasteiger partial charge in [0.2, 0.25) is 53.4 Å². The Morgan fingerprint density at radius 2 is 1.31 bits per heavy atom. The number of primary amides is 1. The van der Waals surface area contributed by atoms with Gasteiger partial charge in [0.1, 0.15) is 120 Å². The van der Waals surface area contributed by atoms with Crippen molar-refractivity contribution in [3.63, 3.8) is 0 Å². The number of amides is 8. The number of halogens is 5. The predicted octanol–water partition coefficient (Wildman–Crippen LogP) is 1.93. The van der Waals surface area contributed by atoms with Crippen molar-refractivity contribution in [3.05, 3.63) is 176 Å². The number of phenols is 3. The van der Waals surface area contributed by atoms with Gasteiger partial charge in [-0.2, -0.15) is 13.2 Å². The van der Waals surface area contributed by atoms with E-state index in [4.69, 9.17) is 72.6 Å². The molecule has 11 bridgehead atoms. The highest BCUT2D eigenvalue weighted by Gasteiger charge is 2.53. The third-order valence-corrected chi connectivity index (χ3v) is 23.9. The molecule has 7 aromatic rings. The second kappa shape index (κ2) is 40.8. The fourth-order valence-electron chi connectivity index (χ4n) is 16.3. The maximum atomic E-state index is 16.4. The van der Waals surface area contributed by atoms with E-state index in [1.165, 1.54) is 76.3 Å². The number of aliphatic hydroxyl groups is 9. The molecule has 0 radical (unpaired) electrons. The van der Waals surface area contributed by atoms with Crippen LogP contribution in [0.5, 0.6) is 46.0 Å². The number of alkyl halides is 3. The number of aromatic hydroxyl groups is 3. The quantitative estimate of drug-likeness (QED) is 0.0489. The van der Waals surface area contributed by atoms with Crippen LogP contribution in [0.4, 0.5) is 24.5 Å². The van der Waals surface area contributed by atoms with Crippen LogP contribution in [0.1, 0.15) is 127 Å². The molecule has 133 heavy (non-hydrogen) atoms. The zero-order chi connectivity index (χ0) is 96.6. The van der Waals surface area contributed by atoms with Crippen LogP contribution in [-0.2, 0) is 70.0 Å². The number of nitrogens with one attached hydrogen (secondary N) is 9. The van der Waals surface area contributed by atoms with Crippen LogP contribution < -0.4 is 78.4 Å². The molecule has 0 aromatic heterocycles. The Morgan fingerprint density at radius 3 is 1.95 bits per heavy atom. The van der Waals surface area contributed by atoms with Gasteiger partial charge in [-0.15, -0.1) is 0 Å². The third-order valence-electron chi connectivity index (χ3n) is 23.3. The first kappa shape index (κ1) is 99.1. The molecule has 3 fully saturated rings. The van der Waals surface area contributed by atoms with Crippen molar-refractivity contribution in [3.8, 4) is 57.1 Å². The molecule has 0 saturated carbocycles. The predicted molar refractivity (Wildman–Crippen MR) is 461 cm³/mol. The van der Waals surface area contributed by atoms with Crippen LogP contribution in [0.3, 0.4) is 0 Å². The zero-order valence-corrected chi connectivity index (χ0v) is 73.5. The molecule has 8 heterocycles.